The van der Waals surface area contributed by atoms with Crippen LogP contribution in [0.15, 0.2) is 35.2 Å². The van der Waals surface area contributed by atoms with Gasteiger partial charge in [0.2, 0.25) is 15.9 Å². The molecule has 1 aromatic carbocycles. The van der Waals surface area contributed by atoms with Gasteiger partial charge in [-0.2, -0.15) is 4.31 Å². The van der Waals surface area contributed by atoms with Gasteiger partial charge < -0.3 is 10.2 Å². The number of hydrogen-bond acceptors (Lipinski definition) is 4. The number of hydrogen-bond donors (Lipinski definition) is 1. The minimum Gasteiger partial charge on any atom is -0.341 e. The van der Waals surface area contributed by atoms with E-state index in [2.05, 4.69) is 5.32 Å². The summed E-state index contributed by atoms with van der Waals surface area (Å²) < 4.78 is 27.0. The van der Waals surface area contributed by atoms with Gasteiger partial charge in [0.05, 0.1) is 4.90 Å². The van der Waals surface area contributed by atoms with Crippen molar-refractivity contribution in [3.63, 3.8) is 0 Å². The van der Waals surface area contributed by atoms with Crippen LogP contribution in [0.4, 0.5) is 0 Å². The lowest BCUT2D eigenvalue weighted by atomic mass is 9.96. The second-order valence-electron chi connectivity index (χ2n) is 6.42. The molecule has 0 radical (unpaired) electrons. The minimum absolute atomic E-state index is 0.0866. The summed E-state index contributed by atoms with van der Waals surface area (Å²) in [7, 11) is -3.47. The first-order valence-electron chi connectivity index (χ1n) is 8.64. The Bertz CT molecular complexity index is 657. The summed E-state index contributed by atoms with van der Waals surface area (Å²) >= 11 is 0. The molecule has 0 unspecified atom stereocenters. The van der Waals surface area contributed by atoms with Gasteiger partial charge >= 0.3 is 0 Å². The van der Waals surface area contributed by atoms with E-state index in [0.717, 1.165) is 25.9 Å². The van der Waals surface area contributed by atoms with Crippen LogP contribution in [0.25, 0.3) is 0 Å². The molecule has 6 nitrogen and oxygen atoms in total. The zero-order valence-corrected chi connectivity index (χ0v) is 14.7. The summed E-state index contributed by atoms with van der Waals surface area (Å²) in [5, 5.41) is 3.27. The number of piperidine rings is 1. The third-order valence-electron chi connectivity index (χ3n) is 4.84. The largest absolute Gasteiger partial charge is 0.341 e. The second kappa shape index (κ2) is 7.63. The van der Waals surface area contributed by atoms with Gasteiger partial charge in [-0.3, -0.25) is 4.79 Å². The monoisotopic (exact) mass is 351 g/mol. The number of carbonyl (C=O) groups excluding carboxylic acids is 1. The second-order valence-corrected chi connectivity index (χ2v) is 8.36. The third-order valence-corrected chi connectivity index (χ3v) is 6.75. The molecule has 1 amide bonds. The van der Waals surface area contributed by atoms with Crippen LogP contribution in [0, 0.1) is 5.92 Å². The number of amides is 1. The van der Waals surface area contributed by atoms with E-state index in [1.165, 1.54) is 4.31 Å². The standard InChI is InChI=1S/C17H25N3O3S/c21-17(15-7-9-18-10-8-15)19-11-4-12-20(14-13-19)24(22,23)16-5-2-1-3-6-16/h1-3,5-6,15,18H,4,7-14H2. The summed E-state index contributed by atoms with van der Waals surface area (Å²) in [6.45, 7) is 3.73. The molecule has 0 atom stereocenters. The van der Waals surface area contributed by atoms with Gasteiger partial charge in [-0.1, -0.05) is 18.2 Å². The highest BCUT2D eigenvalue weighted by Gasteiger charge is 2.31. The van der Waals surface area contributed by atoms with Crippen molar-refractivity contribution in [3.8, 4) is 0 Å². The first-order valence-corrected chi connectivity index (χ1v) is 10.1. The molecule has 2 saturated heterocycles. The van der Waals surface area contributed by atoms with Gasteiger partial charge in [-0.15, -0.1) is 0 Å². The molecular weight excluding hydrogens is 326 g/mol. The van der Waals surface area contributed by atoms with Gasteiger partial charge in [0.1, 0.15) is 0 Å². The summed E-state index contributed by atoms with van der Waals surface area (Å²) in [4.78, 5) is 14.8. The van der Waals surface area contributed by atoms with Crippen LogP contribution < -0.4 is 5.32 Å². The lowest BCUT2D eigenvalue weighted by Gasteiger charge is -2.28. The Hall–Kier alpha value is -1.44. The van der Waals surface area contributed by atoms with Crippen LogP contribution in [-0.4, -0.2) is 62.8 Å². The quantitative estimate of drug-likeness (QED) is 0.879. The van der Waals surface area contributed by atoms with E-state index in [1.807, 2.05) is 4.90 Å². The average Bonchev–Trinajstić information content (AvgIpc) is 2.89. The fraction of sp³-hybridized carbons (Fsp3) is 0.588. The van der Waals surface area contributed by atoms with E-state index < -0.39 is 10.0 Å². The number of carbonyl (C=O) groups is 1. The molecule has 2 aliphatic heterocycles. The van der Waals surface area contributed by atoms with Crippen LogP contribution in [-0.2, 0) is 14.8 Å². The molecule has 3 rings (SSSR count). The SMILES string of the molecule is O=C(C1CCNCC1)N1CCCN(S(=O)(=O)c2ccccc2)CC1. The molecule has 1 aromatic rings. The molecular formula is C17H25N3O3S. The predicted octanol–water partition coefficient (Wildman–Crippen LogP) is 0.909. The molecule has 1 N–H and O–H groups in total. The van der Waals surface area contributed by atoms with E-state index >= 15 is 0 Å². The van der Waals surface area contributed by atoms with Crippen molar-refractivity contribution in [1.82, 2.24) is 14.5 Å². The van der Waals surface area contributed by atoms with Crippen LogP contribution in [0.1, 0.15) is 19.3 Å². The lowest BCUT2D eigenvalue weighted by molar-refractivity contribution is -0.136. The average molecular weight is 351 g/mol. The molecule has 24 heavy (non-hydrogen) atoms. The van der Waals surface area contributed by atoms with E-state index in [-0.39, 0.29) is 11.8 Å². The molecule has 0 saturated carbocycles. The topological polar surface area (TPSA) is 69.7 Å². The van der Waals surface area contributed by atoms with Crippen molar-refractivity contribution in [2.24, 2.45) is 5.92 Å². The maximum absolute atomic E-state index is 12.7. The van der Waals surface area contributed by atoms with Crippen molar-refractivity contribution < 1.29 is 13.2 Å². The predicted molar refractivity (Wildman–Crippen MR) is 92.0 cm³/mol. The molecule has 2 fully saturated rings. The Kier molecular flexibility index (Phi) is 5.53. The highest BCUT2D eigenvalue weighted by atomic mass is 32.2. The Labute approximate surface area is 143 Å². The van der Waals surface area contributed by atoms with Crippen molar-refractivity contribution in [2.75, 3.05) is 39.3 Å². The zero-order chi connectivity index (χ0) is 17.0. The van der Waals surface area contributed by atoms with Crippen molar-refractivity contribution in [2.45, 2.75) is 24.2 Å². The van der Waals surface area contributed by atoms with Gasteiger partial charge in [0.25, 0.3) is 0 Å². The summed E-state index contributed by atoms with van der Waals surface area (Å²) in [6.07, 6.45) is 2.44. The smallest absolute Gasteiger partial charge is 0.243 e. The van der Waals surface area contributed by atoms with Crippen molar-refractivity contribution in [1.29, 1.82) is 0 Å². The van der Waals surface area contributed by atoms with Gasteiger partial charge in [-0.25, -0.2) is 8.42 Å². The number of nitrogens with zero attached hydrogens (tertiary/aromatic N) is 2. The van der Waals surface area contributed by atoms with Crippen LogP contribution in [0.2, 0.25) is 0 Å². The normalized spacial score (nSPS) is 21.4. The van der Waals surface area contributed by atoms with Crippen LogP contribution in [0.5, 0.6) is 0 Å². The maximum atomic E-state index is 12.7. The molecule has 0 aliphatic carbocycles. The zero-order valence-electron chi connectivity index (χ0n) is 13.9. The van der Waals surface area contributed by atoms with E-state index in [4.69, 9.17) is 0 Å². The Balaban J connectivity index is 1.65. The highest BCUT2D eigenvalue weighted by Crippen LogP contribution is 2.20. The van der Waals surface area contributed by atoms with E-state index in [1.54, 1.807) is 30.3 Å². The van der Waals surface area contributed by atoms with Crippen molar-refractivity contribution >= 4 is 15.9 Å². The third kappa shape index (κ3) is 3.79. The Morgan fingerprint density at radius 1 is 1.00 bits per heavy atom. The first kappa shape index (κ1) is 17.4. The van der Waals surface area contributed by atoms with E-state index in [0.29, 0.717) is 37.5 Å². The number of benzene rings is 1. The first-order chi connectivity index (χ1) is 11.6. The summed E-state index contributed by atoms with van der Waals surface area (Å²) in [6, 6.07) is 8.52. The summed E-state index contributed by atoms with van der Waals surface area (Å²) in [5.41, 5.74) is 0. The molecule has 0 aromatic heterocycles. The van der Waals surface area contributed by atoms with Gasteiger partial charge in [0.15, 0.2) is 0 Å². The summed E-state index contributed by atoms with van der Waals surface area (Å²) in [5.74, 6) is 0.277. The fourth-order valence-electron chi connectivity index (χ4n) is 3.42. The molecule has 7 heteroatoms. The Morgan fingerprint density at radius 3 is 2.42 bits per heavy atom. The maximum Gasteiger partial charge on any atom is 0.243 e. The van der Waals surface area contributed by atoms with Crippen LogP contribution >= 0.6 is 0 Å². The number of sulfonamides is 1. The minimum atomic E-state index is -3.47. The molecule has 132 valence electrons. The lowest BCUT2D eigenvalue weighted by Crippen LogP contribution is -2.43. The van der Waals surface area contributed by atoms with Gasteiger partial charge in [-0.05, 0) is 44.5 Å². The molecule has 2 aliphatic rings. The van der Waals surface area contributed by atoms with Gasteiger partial charge in [0, 0.05) is 32.1 Å². The fourth-order valence-corrected chi connectivity index (χ4v) is 4.91. The highest BCUT2D eigenvalue weighted by molar-refractivity contribution is 7.89. The molecule has 0 spiro atoms. The Morgan fingerprint density at radius 2 is 1.71 bits per heavy atom. The molecule has 0 bridgehead atoms. The van der Waals surface area contributed by atoms with Crippen LogP contribution in [0.3, 0.4) is 0 Å². The number of nitrogens with one attached hydrogen (secondary N) is 1. The van der Waals surface area contributed by atoms with E-state index in [9.17, 15) is 13.2 Å². The van der Waals surface area contributed by atoms with Crippen molar-refractivity contribution in [3.05, 3.63) is 30.3 Å². The number of rotatable bonds is 3. The molecule has 2 heterocycles.